The summed E-state index contributed by atoms with van der Waals surface area (Å²) in [5.41, 5.74) is 3.59. The molecule has 4 aromatic rings. The Bertz CT molecular complexity index is 1690. The van der Waals surface area contributed by atoms with Gasteiger partial charge in [-0.25, -0.2) is 24.4 Å². The van der Waals surface area contributed by atoms with Gasteiger partial charge in [-0.3, -0.25) is 25.0 Å². The molecule has 0 saturated carbocycles. The highest BCUT2D eigenvalue weighted by Crippen LogP contribution is 2.21. The number of imide groups is 2. The SMILES string of the molecule is Cc1nc2ccccc2nc1SCC(=O)NC(=O)Nc1ccccc1.O=C(CCl)NC(=O)Nc1ccccc1.O=C=NC(=O)CCl. The number of halogens is 2. The zero-order chi connectivity index (χ0) is 33.7. The molecule has 238 valence electrons. The van der Waals surface area contributed by atoms with Crippen LogP contribution >= 0.6 is 35.0 Å². The van der Waals surface area contributed by atoms with E-state index in [1.807, 2.05) is 43.3 Å². The molecule has 4 rings (SSSR count). The first kappa shape index (κ1) is 37.0. The first-order valence-electron chi connectivity index (χ1n) is 13.1. The lowest BCUT2D eigenvalue weighted by molar-refractivity contribution is -0.118. The van der Waals surface area contributed by atoms with Crippen LogP contribution in [0.1, 0.15) is 5.69 Å². The predicted octanol–water partition coefficient (Wildman–Crippen LogP) is 5.04. The first-order chi connectivity index (χ1) is 22.1. The van der Waals surface area contributed by atoms with Gasteiger partial charge in [0.1, 0.15) is 16.8 Å². The average molecular weight is 685 g/mol. The summed E-state index contributed by atoms with van der Waals surface area (Å²) in [5.74, 6) is -1.99. The largest absolute Gasteiger partial charge is 0.325 e. The monoisotopic (exact) mass is 683 g/mol. The van der Waals surface area contributed by atoms with Gasteiger partial charge in [0.2, 0.25) is 17.9 Å². The summed E-state index contributed by atoms with van der Waals surface area (Å²) in [6.07, 6.45) is 1.06. The highest BCUT2D eigenvalue weighted by molar-refractivity contribution is 7.99. The third-order valence-corrected chi connectivity index (χ3v) is 6.55. The second-order valence-electron chi connectivity index (χ2n) is 8.49. The number of thioether (sulfide) groups is 1. The molecule has 0 aliphatic carbocycles. The first-order valence-corrected chi connectivity index (χ1v) is 15.1. The number of hydrogen-bond donors (Lipinski definition) is 4. The number of urea groups is 2. The summed E-state index contributed by atoms with van der Waals surface area (Å²) in [4.78, 5) is 76.2. The van der Waals surface area contributed by atoms with Gasteiger partial charge in [0, 0.05) is 11.4 Å². The van der Waals surface area contributed by atoms with Crippen molar-refractivity contribution in [2.75, 3.05) is 28.1 Å². The van der Waals surface area contributed by atoms with Crippen LogP contribution in [0, 0.1) is 6.92 Å². The number of benzene rings is 3. The minimum Gasteiger partial charge on any atom is -0.308 e. The van der Waals surface area contributed by atoms with Gasteiger partial charge in [-0.2, -0.15) is 0 Å². The Balaban J connectivity index is 0.000000294. The number of fused-ring (bicyclic) bond motifs is 1. The van der Waals surface area contributed by atoms with Crippen molar-refractivity contribution in [2.45, 2.75) is 11.9 Å². The maximum atomic E-state index is 12.0. The van der Waals surface area contributed by atoms with E-state index >= 15 is 0 Å². The maximum Gasteiger partial charge on any atom is 0.325 e. The molecule has 0 spiro atoms. The number of aryl methyl sites for hydroxylation is 1. The van der Waals surface area contributed by atoms with Crippen LogP contribution in [0.2, 0.25) is 0 Å². The summed E-state index contributed by atoms with van der Waals surface area (Å²) in [6.45, 7) is 1.85. The molecule has 46 heavy (non-hydrogen) atoms. The number of carbonyl (C=O) groups is 5. The Morgan fingerprint density at radius 2 is 1.20 bits per heavy atom. The van der Waals surface area contributed by atoms with Gasteiger partial charge >= 0.3 is 12.1 Å². The van der Waals surface area contributed by atoms with Crippen LogP contribution in [0.4, 0.5) is 21.0 Å². The summed E-state index contributed by atoms with van der Waals surface area (Å²) >= 11 is 11.4. The maximum absolute atomic E-state index is 12.0. The molecule has 0 atom stereocenters. The second kappa shape index (κ2) is 20.7. The molecule has 1 aromatic heterocycles. The third-order valence-electron chi connectivity index (χ3n) is 5.02. The number of alkyl halides is 2. The summed E-state index contributed by atoms with van der Waals surface area (Å²) in [5, 5.41) is 10.1. The highest BCUT2D eigenvalue weighted by Gasteiger charge is 2.12. The Hall–Kier alpha value is -5.14. The zero-order valence-electron chi connectivity index (χ0n) is 24.2. The molecule has 0 saturated heterocycles. The number of nitrogens with one attached hydrogen (secondary N) is 4. The average Bonchev–Trinajstić information content (AvgIpc) is 3.05. The standard InChI is InChI=1S/C18H16N4O2S.C9H9ClN2O2.C3H2ClNO2/c1-12-17(21-15-10-6-5-9-14(15)19-12)25-11-16(23)22-18(24)20-13-7-3-2-4-8-13;10-6-8(13)12-9(14)11-7-4-2-1-3-5-7;4-1-3(7)5-2-6/h2-10H,11H2,1H3,(H2,20,22,23,24);1-5H,6H2,(H2,11,12,13,14);1H2. The smallest absolute Gasteiger partial charge is 0.308 e. The van der Waals surface area contributed by atoms with Crippen molar-refractivity contribution in [1.82, 2.24) is 20.6 Å². The van der Waals surface area contributed by atoms with Gasteiger partial charge in [0.05, 0.1) is 22.5 Å². The highest BCUT2D eigenvalue weighted by atomic mass is 35.5. The van der Waals surface area contributed by atoms with Gasteiger partial charge in [0.25, 0.3) is 5.91 Å². The van der Waals surface area contributed by atoms with E-state index in [4.69, 9.17) is 23.2 Å². The number of carbonyl (C=O) groups excluding carboxylic acids is 6. The van der Waals surface area contributed by atoms with Gasteiger partial charge in [-0.15, -0.1) is 28.2 Å². The molecule has 7 amide bonds. The zero-order valence-corrected chi connectivity index (χ0v) is 26.5. The topological polar surface area (TPSA) is 189 Å². The number of aromatic nitrogens is 2. The number of isocyanates is 1. The Labute approximate surface area is 277 Å². The van der Waals surface area contributed by atoms with Crippen molar-refractivity contribution >= 4 is 93.2 Å². The van der Waals surface area contributed by atoms with Crippen molar-refractivity contribution in [2.24, 2.45) is 4.99 Å². The molecule has 13 nitrogen and oxygen atoms in total. The van der Waals surface area contributed by atoms with E-state index in [-0.39, 0.29) is 17.5 Å². The number of aliphatic imine (C=N–C) groups is 1. The van der Waals surface area contributed by atoms with Crippen LogP contribution in [-0.2, 0) is 19.2 Å². The molecular formula is C30H27Cl2N7O6S. The minimum absolute atomic E-state index is 0.0794. The number of nitrogens with zero attached hydrogens (tertiary/aromatic N) is 3. The normalized spacial score (nSPS) is 9.54. The van der Waals surface area contributed by atoms with Gasteiger partial charge < -0.3 is 10.6 Å². The summed E-state index contributed by atoms with van der Waals surface area (Å²) in [6, 6.07) is 24.2. The van der Waals surface area contributed by atoms with Gasteiger partial charge in [0.15, 0.2) is 0 Å². The van der Waals surface area contributed by atoms with Crippen LogP contribution in [0.5, 0.6) is 0 Å². The summed E-state index contributed by atoms with van der Waals surface area (Å²) < 4.78 is 0. The van der Waals surface area contributed by atoms with Crippen molar-refractivity contribution in [3.05, 3.63) is 90.6 Å². The molecule has 0 fully saturated rings. The molecule has 0 aliphatic heterocycles. The fourth-order valence-electron chi connectivity index (χ4n) is 3.11. The molecule has 16 heteroatoms. The molecule has 0 radical (unpaired) electrons. The lowest BCUT2D eigenvalue weighted by Crippen LogP contribution is -2.35. The van der Waals surface area contributed by atoms with Crippen molar-refractivity contribution < 1.29 is 28.8 Å². The molecule has 0 unspecified atom stereocenters. The number of amides is 7. The van der Waals surface area contributed by atoms with Crippen molar-refractivity contribution in [3.8, 4) is 0 Å². The quantitative estimate of drug-likeness (QED) is 0.0895. The van der Waals surface area contributed by atoms with Crippen LogP contribution in [-0.4, -0.2) is 63.3 Å². The number of hydrogen-bond acceptors (Lipinski definition) is 9. The minimum atomic E-state index is -0.656. The number of anilines is 2. The molecule has 0 aliphatic rings. The molecule has 4 N–H and O–H groups in total. The van der Waals surface area contributed by atoms with Crippen LogP contribution < -0.4 is 21.3 Å². The summed E-state index contributed by atoms with van der Waals surface area (Å²) in [7, 11) is 0. The fraction of sp³-hybridized carbons (Fsp3) is 0.133. The van der Waals surface area contributed by atoms with E-state index < -0.39 is 29.8 Å². The molecule has 0 bridgehead atoms. The lowest BCUT2D eigenvalue weighted by Gasteiger charge is -2.08. The van der Waals surface area contributed by atoms with Crippen molar-refractivity contribution in [3.63, 3.8) is 0 Å². The van der Waals surface area contributed by atoms with E-state index in [2.05, 4.69) is 36.2 Å². The van der Waals surface area contributed by atoms with Gasteiger partial charge in [-0.1, -0.05) is 60.3 Å². The van der Waals surface area contributed by atoms with E-state index in [0.29, 0.717) is 16.4 Å². The van der Waals surface area contributed by atoms with Gasteiger partial charge in [-0.05, 0) is 43.3 Å². The predicted molar refractivity (Wildman–Crippen MR) is 177 cm³/mol. The van der Waals surface area contributed by atoms with Crippen molar-refractivity contribution in [1.29, 1.82) is 0 Å². The van der Waals surface area contributed by atoms with E-state index in [9.17, 15) is 28.8 Å². The molecular weight excluding hydrogens is 657 g/mol. The van der Waals surface area contributed by atoms with Crippen LogP contribution in [0.15, 0.2) is 94.9 Å². The van der Waals surface area contributed by atoms with E-state index in [1.54, 1.807) is 48.5 Å². The lowest BCUT2D eigenvalue weighted by atomic mass is 10.3. The second-order valence-corrected chi connectivity index (χ2v) is 9.99. The third kappa shape index (κ3) is 14.6. The number of rotatable bonds is 7. The van der Waals surface area contributed by atoms with E-state index in [1.165, 1.54) is 11.8 Å². The Kier molecular flexibility index (Phi) is 16.7. The molecule has 3 aromatic carbocycles. The number of para-hydroxylation sites is 4. The van der Waals surface area contributed by atoms with Crippen LogP contribution in [0.3, 0.4) is 0 Å². The molecule has 1 heterocycles. The Morgan fingerprint density at radius 1 is 0.717 bits per heavy atom. The van der Waals surface area contributed by atoms with E-state index in [0.717, 1.165) is 22.8 Å². The fourth-order valence-corrected chi connectivity index (χ4v) is 4.00. The van der Waals surface area contributed by atoms with Crippen LogP contribution in [0.25, 0.3) is 11.0 Å². The Morgan fingerprint density at radius 3 is 1.65 bits per heavy atom.